The normalized spacial score (nSPS) is 10.4. The van der Waals surface area contributed by atoms with Gasteiger partial charge in [0.2, 0.25) is 5.91 Å². The maximum absolute atomic E-state index is 11.1. The lowest BCUT2D eigenvalue weighted by Gasteiger charge is -2.10. The minimum Gasteiger partial charge on any atom is -0.385 e. The van der Waals surface area contributed by atoms with Gasteiger partial charge >= 0.3 is 0 Å². The first kappa shape index (κ1) is 11.6. The van der Waals surface area contributed by atoms with Crippen LogP contribution in [0.2, 0.25) is 0 Å². The molecule has 1 aromatic carbocycles. The summed E-state index contributed by atoms with van der Waals surface area (Å²) < 4.78 is 0. The predicted molar refractivity (Wildman–Crippen MR) is 63.0 cm³/mol. The third kappa shape index (κ3) is 3.27. The van der Waals surface area contributed by atoms with Crippen LogP contribution in [-0.2, 0) is 0 Å². The topological polar surface area (TPSA) is 55.1 Å². The van der Waals surface area contributed by atoms with Crippen LogP contribution in [0, 0.1) is 12.8 Å². The van der Waals surface area contributed by atoms with Crippen molar-refractivity contribution in [2.75, 3.05) is 11.9 Å². The number of aryl methyl sites for hydroxylation is 1. The zero-order valence-corrected chi connectivity index (χ0v) is 9.50. The van der Waals surface area contributed by atoms with Gasteiger partial charge in [0, 0.05) is 17.8 Å². The molecule has 0 spiro atoms. The van der Waals surface area contributed by atoms with Crippen LogP contribution in [0.25, 0.3) is 0 Å². The number of hydrogen-bond donors (Lipinski definition) is 2. The van der Waals surface area contributed by atoms with Gasteiger partial charge in [-0.3, -0.25) is 4.79 Å². The standard InChI is InChI=1S/C12H18N2O/c1-8(2)7-14-10-5-4-9(3)11(6-10)12(13)15/h4-6,8,14H,7H2,1-3H3,(H2,13,15). The van der Waals surface area contributed by atoms with Gasteiger partial charge in [0.1, 0.15) is 0 Å². The van der Waals surface area contributed by atoms with Crippen LogP contribution in [-0.4, -0.2) is 12.5 Å². The molecule has 3 N–H and O–H groups in total. The van der Waals surface area contributed by atoms with E-state index in [1.54, 1.807) is 6.07 Å². The third-order valence-electron chi connectivity index (χ3n) is 2.22. The highest BCUT2D eigenvalue weighted by Crippen LogP contribution is 2.15. The Hall–Kier alpha value is -1.51. The first-order chi connectivity index (χ1) is 7.00. The molecule has 0 bridgehead atoms. The number of carbonyl (C=O) groups excluding carboxylic acids is 1. The van der Waals surface area contributed by atoms with E-state index in [1.165, 1.54) is 0 Å². The zero-order valence-electron chi connectivity index (χ0n) is 9.50. The fourth-order valence-corrected chi connectivity index (χ4v) is 1.32. The molecular weight excluding hydrogens is 188 g/mol. The highest BCUT2D eigenvalue weighted by atomic mass is 16.1. The van der Waals surface area contributed by atoms with Gasteiger partial charge in [-0.1, -0.05) is 19.9 Å². The molecule has 0 fully saturated rings. The molecule has 0 atom stereocenters. The molecule has 0 saturated carbocycles. The fraction of sp³-hybridized carbons (Fsp3) is 0.417. The Morgan fingerprint density at radius 1 is 1.47 bits per heavy atom. The average molecular weight is 206 g/mol. The van der Waals surface area contributed by atoms with Gasteiger partial charge in [-0.05, 0) is 30.5 Å². The number of anilines is 1. The second kappa shape index (κ2) is 4.82. The van der Waals surface area contributed by atoms with Crippen molar-refractivity contribution >= 4 is 11.6 Å². The predicted octanol–water partition coefficient (Wildman–Crippen LogP) is 2.16. The maximum atomic E-state index is 11.1. The largest absolute Gasteiger partial charge is 0.385 e. The van der Waals surface area contributed by atoms with Gasteiger partial charge in [0.05, 0.1) is 0 Å². The Morgan fingerprint density at radius 2 is 2.13 bits per heavy atom. The van der Waals surface area contributed by atoms with E-state index >= 15 is 0 Å². The van der Waals surface area contributed by atoms with Crippen molar-refractivity contribution < 1.29 is 4.79 Å². The summed E-state index contributed by atoms with van der Waals surface area (Å²) in [6.07, 6.45) is 0. The van der Waals surface area contributed by atoms with Crippen molar-refractivity contribution in [1.29, 1.82) is 0 Å². The quantitative estimate of drug-likeness (QED) is 0.793. The van der Waals surface area contributed by atoms with Gasteiger partial charge in [0.25, 0.3) is 0 Å². The van der Waals surface area contributed by atoms with E-state index in [9.17, 15) is 4.79 Å². The Bertz CT molecular complexity index is 359. The summed E-state index contributed by atoms with van der Waals surface area (Å²) >= 11 is 0. The van der Waals surface area contributed by atoms with Gasteiger partial charge in [0.15, 0.2) is 0 Å². The number of primary amides is 1. The molecule has 1 aromatic rings. The first-order valence-corrected chi connectivity index (χ1v) is 5.15. The van der Waals surface area contributed by atoms with Crippen LogP contribution in [0.3, 0.4) is 0 Å². The van der Waals surface area contributed by atoms with Gasteiger partial charge in [-0.25, -0.2) is 0 Å². The van der Waals surface area contributed by atoms with Gasteiger partial charge < -0.3 is 11.1 Å². The van der Waals surface area contributed by atoms with Crippen LogP contribution < -0.4 is 11.1 Å². The first-order valence-electron chi connectivity index (χ1n) is 5.15. The summed E-state index contributed by atoms with van der Waals surface area (Å²) in [7, 11) is 0. The van der Waals surface area contributed by atoms with Crippen LogP contribution >= 0.6 is 0 Å². The minimum atomic E-state index is -0.374. The number of carbonyl (C=O) groups is 1. The van der Waals surface area contributed by atoms with Crippen LogP contribution in [0.1, 0.15) is 29.8 Å². The summed E-state index contributed by atoms with van der Waals surface area (Å²) in [5, 5.41) is 3.26. The van der Waals surface area contributed by atoms with Crippen LogP contribution in [0.15, 0.2) is 18.2 Å². The highest BCUT2D eigenvalue weighted by molar-refractivity contribution is 5.95. The summed E-state index contributed by atoms with van der Waals surface area (Å²) in [4.78, 5) is 11.1. The second-order valence-corrected chi connectivity index (χ2v) is 4.17. The summed E-state index contributed by atoms with van der Waals surface area (Å²) in [6.45, 7) is 7.04. The molecule has 0 aliphatic heterocycles. The maximum Gasteiger partial charge on any atom is 0.249 e. The van der Waals surface area contributed by atoms with Gasteiger partial charge in [-0.15, -0.1) is 0 Å². The molecule has 1 amide bonds. The molecule has 0 heterocycles. The zero-order chi connectivity index (χ0) is 11.4. The van der Waals surface area contributed by atoms with E-state index in [-0.39, 0.29) is 5.91 Å². The number of rotatable bonds is 4. The summed E-state index contributed by atoms with van der Waals surface area (Å²) in [6, 6.07) is 5.67. The van der Waals surface area contributed by atoms with E-state index in [1.807, 2.05) is 19.1 Å². The molecule has 0 radical (unpaired) electrons. The monoisotopic (exact) mass is 206 g/mol. The second-order valence-electron chi connectivity index (χ2n) is 4.17. The van der Waals surface area contributed by atoms with Crippen molar-refractivity contribution in [1.82, 2.24) is 0 Å². The van der Waals surface area contributed by atoms with Crippen molar-refractivity contribution in [3.05, 3.63) is 29.3 Å². The molecule has 0 aromatic heterocycles. The van der Waals surface area contributed by atoms with Crippen molar-refractivity contribution in [2.24, 2.45) is 11.7 Å². The fourth-order valence-electron chi connectivity index (χ4n) is 1.32. The van der Waals surface area contributed by atoms with Gasteiger partial charge in [-0.2, -0.15) is 0 Å². The molecule has 3 nitrogen and oxygen atoms in total. The Balaban J connectivity index is 2.83. The molecule has 0 saturated heterocycles. The Kier molecular flexibility index (Phi) is 3.72. The molecule has 0 aliphatic rings. The third-order valence-corrected chi connectivity index (χ3v) is 2.22. The van der Waals surface area contributed by atoms with Crippen LogP contribution in [0.5, 0.6) is 0 Å². The van der Waals surface area contributed by atoms with E-state index in [4.69, 9.17) is 5.73 Å². The molecule has 1 rings (SSSR count). The molecular formula is C12H18N2O. The Morgan fingerprint density at radius 3 is 2.67 bits per heavy atom. The van der Waals surface area contributed by atoms with Crippen molar-refractivity contribution in [2.45, 2.75) is 20.8 Å². The molecule has 82 valence electrons. The summed E-state index contributed by atoms with van der Waals surface area (Å²) in [5.74, 6) is 0.198. The number of hydrogen-bond acceptors (Lipinski definition) is 2. The van der Waals surface area contributed by atoms with Crippen molar-refractivity contribution in [3.8, 4) is 0 Å². The average Bonchev–Trinajstić information content (AvgIpc) is 2.16. The highest BCUT2D eigenvalue weighted by Gasteiger charge is 2.05. The minimum absolute atomic E-state index is 0.374. The number of benzene rings is 1. The molecule has 3 heteroatoms. The van der Waals surface area contributed by atoms with Crippen LogP contribution in [0.4, 0.5) is 5.69 Å². The smallest absolute Gasteiger partial charge is 0.249 e. The van der Waals surface area contributed by atoms with Crippen molar-refractivity contribution in [3.63, 3.8) is 0 Å². The molecule has 0 aliphatic carbocycles. The lowest BCUT2D eigenvalue weighted by atomic mass is 10.1. The SMILES string of the molecule is Cc1ccc(NCC(C)C)cc1C(N)=O. The Labute approximate surface area is 90.7 Å². The van der Waals surface area contributed by atoms with E-state index < -0.39 is 0 Å². The lowest BCUT2D eigenvalue weighted by molar-refractivity contribution is 0.1000. The summed E-state index contributed by atoms with van der Waals surface area (Å²) in [5.41, 5.74) is 7.72. The molecule has 0 unspecified atom stereocenters. The number of nitrogens with two attached hydrogens (primary N) is 1. The number of amides is 1. The van der Waals surface area contributed by atoms with E-state index in [0.29, 0.717) is 11.5 Å². The molecule has 15 heavy (non-hydrogen) atoms. The van der Waals surface area contributed by atoms with E-state index in [2.05, 4.69) is 19.2 Å². The lowest BCUT2D eigenvalue weighted by Crippen LogP contribution is -2.14. The number of nitrogens with one attached hydrogen (secondary N) is 1. The van der Waals surface area contributed by atoms with E-state index in [0.717, 1.165) is 17.8 Å².